The monoisotopic (exact) mass is 320 g/mol. The van der Waals surface area contributed by atoms with Gasteiger partial charge in [0.2, 0.25) is 0 Å². The van der Waals surface area contributed by atoms with Crippen molar-refractivity contribution in [2.75, 3.05) is 6.61 Å². The molecular weight excluding hydrogens is 303 g/mol. The standard InChI is InChI=1S/C12H17O6PS/c1-4-15-18-19(14,20)17-11-8-6-5-7-10(11)12(13)16-9(2)3/h5-9H,4H2,1-3H3,(H,14,20). The SMILES string of the molecule is CCOOP(O)(=S)Oc1ccccc1C(=O)OC(C)C. The fraction of sp³-hybridized carbons (Fsp3) is 0.417. The highest BCUT2D eigenvalue weighted by atomic mass is 32.5. The number of benzene rings is 1. The molecule has 1 aromatic rings. The molecule has 0 aromatic heterocycles. The number of hydrogen-bond donors (Lipinski definition) is 1. The zero-order valence-electron chi connectivity index (χ0n) is 11.4. The molecule has 0 spiro atoms. The van der Waals surface area contributed by atoms with Crippen molar-refractivity contribution < 1.29 is 28.5 Å². The zero-order chi connectivity index (χ0) is 15.2. The lowest BCUT2D eigenvalue weighted by atomic mass is 10.2. The summed E-state index contributed by atoms with van der Waals surface area (Å²) in [6, 6.07) is 6.28. The Labute approximate surface area is 122 Å². The summed E-state index contributed by atoms with van der Waals surface area (Å²) in [4.78, 5) is 26.3. The molecule has 0 saturated carbocycles. The second kappa shape index (κ2) is 7.71. The van der Waals surface area contributed by atoms with Gasteiger partial charge in [0.25, 0.3) is 0 Å². The van der Waals surface area contributed by atoms with Crippen molar-refractivity contribution in [2.45, 2.75) is 26.9 Å². The summed E-state index contributed by atoms with van der Waals surface area (Å²) < 4.78 is 14.9. The van der Waals surface area contributed by atoms with Gasteiger partial charge in [0, 0.05) is 11.8 Å². The van der Waals surface area contributed by atoms with E-state index in [4.69, 9.17) is 21.1 Å². The van der Waals surface area contributed by atoms with Crippen LogP contribution in [0.5, 0.6) is 5.75 Å². The van der Waals surface area contributed by atoms with Crippen LogP contribution in [0.3, 0.4) is 0 Å². The molecule has 1 rings (SSSR count). The fourth-order valence-corrected chi connectivity index (χ4v) is 2.30. The number of carbonyl (C=O) groups excluding carboxylic acids is 1. The van der Waals surface area contributed by atoms with E-state index in [0.29, 0.717) is 0 Å². The molecule has 20 heavy (non-hydrogen) atoms. The Bertz CT molecular complexity index is 504. The van der Waals surface area contributed by atoms with E-state index in [1.54, 1.807) is 32.9 Å². The number of ether oxygens (including phenoxy) is 1. The lowest BCUT2D eigenvalue weighted by molar-refractivity contribution is -0.208. The smallest absolute Gasteiger partial charge is 0.405 e. The number of carbonyl (C=O) groups is 1. The van der Waals surface area contributed by atoms with E-state index >= 15 is 0 Å². The van der Waals surface area contributed by atoms with Gasteiger partial charge in [-0.3, -0.25) is 0 Å². The van der Waals surface area contributed by atoms with Crippen molar-refractivity contribution in [1.82, 2.24) is 0 Å². The highest BCUT2D eigenvalue weighted by Gasteiger charge is 2.23. The Morgan fingerprint density at radius 1 is 1.40 bits per heavy atom. The van der Waals surface area contributed by atoms with Crippen molar-refractivity contribution >= 4 is 24.5 Å². The normalized spacial score (nSPS) is 13.8. The highest BCUT2D eigenvalue weighted by Crippen LogP contribution is 2.45. The van der Waals surface area contributed by atoms with Gasteiger partial charge in [-0.1, -0.05) is 12.1 Å². The van der Waals surface area contributed by atoms with E-state index in [-0.39, 0.29) is 24.0 Å². The van der Waals surface area contributed by atoms with Crippen LogP contribution in [0.15, 0.2) is 24.3 Å². The second-order valence-corrected chi connectivity index (χ2v) is 6.64. The van der Waals surface area contributed by atoms with E-state index in [1.807, 2.05) is 0 Å². The molecule has 112 valence electrons. The molecule has 0 fully saturated rings. The molecular formula is C12H17O6PS. The molecule has 1 aromatic carbocycles. The lowest BCUT2D eigenvalue weighted by Crippen LogP contribution is -2.13. The average Bonchev–Trinajstić information content (AvgIpc) is 2.35. The van der Waals surface area contributed by atoms with Crippen LogP contribution in [0.1, 0.15) is 31.1 Å². The van der Waals surface area contributed by atoms with Crippen molar-refractivity contribution in [3.8, 4) is 5.75 Å². The quantitative estimate of drug-likeness (QED) is 0.358. The third-order valence-electron chi connectivity index (χ3n) is 1.93. The van der Waals surface area contributed by atoms with E-state index in [0.717, 1.165) is 0 Å². The Morgan fingerprint density at radius 2 is 2.05 bits per heavy atom. The Balaban J connectivity index is 2.90. The molecule has 1 N–H and O–H groups in total. The molecule has 0 aliphatic rings. The maximum absolute atomic E-state index is 11.9. The van der Waals surface area contributed by atoms with E-state index in [1.165, 1.54) is 12.1 Å². The molecule has 8 heteroatoms. The van der Waals surface area contributed by atoms with Gasteiger partial charge in [-0.05, 0) is 32.9 Å². The maximum Gasteiger partial charge on any atom is 0.405 e. The summed E-state index contributed by atoms with van der Waals surface area (Å²) in [5.41, 5.74) is 0.157. The first-order valence-electron chi connectivity index (χ1n) is 5.99. The van der Waals surface area contributed by atoms with Crippen molar-refractivity contribution in [1.29, 1.82) is 0 Å². The van der Waals surface area contributed by atoms with Crippen LogP contribution >= 0.6 is 6.72 Å². The Morgan fingerprint density at radius 3 is 2.65 bits per heavy atom. The minimum Gasteiger partial charge on any atom is -0.459 e. The number of rotatable bonds is 7. The molecule has 0 saturated heterocycles. The number of para-hydroxylation sites is 1. The Hall–Kier alpha value is -0.980. The molecule has 0 aliphatic heterocycles. The van der Waals surface area contributed by atoms with Gasteiger partial charge < -0.3 is 14.2 Å². The van der Waals surface area contributed by atoms with Gasteiger partial charge >= 0.3 is 12.7 Å². The molecule has 0 bridgehead atoms. The van der Waals surface area contributed by atoms with Gasteiger partial charge in [0.1, 0.15) is 11.3 Å². The maximum atomic E-state index is 11.9. The first kappa shape index (κ1) is 17.1. The largest absolute Gasteiger partial charge is 0.459 e. The molecule has 1 atom stereocenters. The number of esters is 1. The van der Waals surface area contributed by atoms with Crippen molar-refractivity contribution in [3.05, 3.63) is 29.8 Å². The predicted octanol–water partition coefficient (Wildman–Crippen LogP) is 2.82. The fourth-order valence-electron chi connectivity index (χ4n) is 1.25. The van der Waals surface area contributed by atoms with E-state index in [9.17, 15) is 9.69 Å². The summed E-state index contributed by atoms with van der Waals surface area (Å²) in [5.74, 6) is -0.481. The van der Waals surface area contributed by atoms with E-state index < -0.39 is 12.7 Å². The van der Waals surface area contributed by atoms with Crippen LogP contribution in [-0.4, -0.2) is 23.6 Å². The minimum absolute atomic E-state index is 0.0867. The van der Waals surface area contributed by atoms with Crippen molar-refractivity contribution in [3.63, 3.8) is 0 Å². The van der Waals surface area contributed by atoms with Crippen LogP contribution in [0.25, 0.3) is 0 Å². The summed E-state index contributed by atoms with van der Waals surface area (Å²) in [5, 5.41) is 0. The number of hydrogen-bond acceptors (Lipinski definition) is 6. The Kier molecular flexibility index (Phi) is 6.58. The molecule has 0 amide bonds. The summed E-state index contributed by atoms with van der Waals surface area (Å²) in [6.07, 6.45) is -0.271. The first-order chi connectivity index (χ1) is 9.35. The molecule has 0 radical (unpaired) electrons. The minimum atomic E-state index is -3.63. The van der Waals surface area contributed by atoms with E-state index in [2.05, 4.69) is 9.56 Å². The van der Waals surface area contributed by atoms with Gasteiger partial charge in [-0.2, -0.15) is 0 Å². The van der Waals surface area contributed by atoms with Crippen LogP contribution in [-0.2, 0) is 26.1 Å². The van der Waals surface area contributed by atoms with Gasteiger partial charge in [-0.25, -0.2) is 9.68 Å². The lowest BCUT2D eigenvalue weighted by Gasteiger charge is -2.17. The van der Waals surface area contributed by atoms with Gasteiger partial charge in [0.15, 0.2) is 0 Å². The summed E-state index contributed by atoms with van der Waals surface area (Å²) in [6.45, 7) is 1.71. The first-order valence-corrected chi connectivity index (χ1v) is 8.58. The highest BCUT2D eigenvalue weighted by molar-refractivity contribution is 8.07. The second-order valence-electron chi connectivity index (χ2n) is 3.99. The third-order valence-corrected chi connectivity index (χ3v) is 3.06. The zero-order valence-corrected chi connectivity index (χ0v) is 13.1. The average molecular weight is 320 g/mol. The van der Waals surface area contributed by atoms with Crippen LogP contribution < -0.4 is 4.52 Å². The molecule has 0 aliphatic carbocycles. The van der Waals surface area contributed by atoms with Gasteiger partial charge in [0.05, 0.1) is 12.7 Å². The molecule has 0 heterocycles. The van der Waals surface area contributed by atoms with Crippen molar-refractivity contribution in [2.24, 2.45) is 0 Å². The molecule has 6 nitrogen and oxygen atoms in total. The molecule has 1 unspecified atom stereocenters. The summed E-state index contributed by atoms with van der Waals surface area (Å²) >= 11 is 4.77. The third kappa shape index (κ3) is 5.56. The van der Waals surface area contributed by atoms with Crippen LogP contribution in [0.2, 0.25) is 0 Å². The van der Waals surface area contributed by atoms with Gasteiger partial charge in [-0.15, -0.1) is 4.67 Å². The van der Waals surface area contributed by atoms with Crippen LogP contribution in [0.4, 0.5) is 0 Å². The van der Waals surface area contributed by atoms with Crippen LogP contribution in [0, 0.1) is 0 Å². The predicted molar refractivity (Wildman–Crippen MR) is 76.8 cm³/mol. The summed E-state index contributed by atoms with van der Waals surface area (Å²) in [7, 11) is 0. The topological polar surface area (TPSA) is 74.2 Å².